The van der Waals surface area contributed by atoms with E-state index >= 15 is 0 Å². The van der Waals surface area contributed by atoms with E-state index in [0.29, 0.717) is 6.54 Å². The predicted octanol–water partition coefficient (Wildman–Crippen LogP) is 3.62. The Hall–Kier alpha value is -2.67. The third kappa shape index (κ3) is 5.35. The van der Waals surface area contributed by atoms with Crippen LogP contribution in [0.5, 0.6) is 0 Å². The summed E-state index contributed by atoms with van der Waals surface area (Å²) in [6, 6.07) is 5.16. The molecule has 0 spiro atoms. The number of amides is 2. The number of carbonyl (C=O) groups excluding carboxylic acids is 3. The van der Waals surface area contributed by atoms with Crippen molar-refractivity contribution in [2.45, 2.75) is 59.4 Å². The Balaban J connectivity index is 1.91. The van der Waals surface area contributed by atoms with Crippen molar-refractivity contribution in [1.82, 2.24) is 4.90 Å². The number of anilines is 1. The first kappa shape index (κ1) is 25.9. The lowest BCUT2D eigenvalue weighted by atomic mass is 9.70. The lowest BCUT2D eigenvalue weighted by molar-refractivity contribution is -0.155. The van der Waals surface area contributed by atoms with E-state index in [1.807, 2.05) is 51.1 Å². The highest BCUT2D eigenvalue weighted by Gasteiger charge is 2.56. The third-order valence-corrected chi connectivity index (χ3v) is 7.14. The van der Waals surface area contributed by atoms with Gasteiger partial charge in [0.15, 0.2) is 0 Å². The number of hydrogen-bond acceptors (Lipinski definition) is 5. The van der Waals surface area contributed by atoms with Crippen molar-refractivity contribution in [3.8, 4) is 0 Å². The second kappa shape index (κ2) is 11.6. The number of esters is 1. The number of unbranched alkanes of at least 4 members (excludes halogenated alkanes) is 3. The van der Waals surface area contributed by atoms with Gasteiger partial charge in [-0.25, -0.2) is 0 Å². The van der Waals surface area contributed by atoms with Gasteiger partial charge < -0.3 is 20.1 Å². The van der Waals surface area contributed by atoms with Gasteiger partial charge in [-0.2, -0.15) is 0 Å². The average molecular weight is 471 g/mol. The number of benzene rings is 1. The van der Waals surface area contributed by atoms with Gasteiger partial charge in [0.1, 0.15) is 6.04 Å². The van der Waals surface area contributed by atoms with Crippen LogP contribution in [-0.2, 0) is 19.1 Å². The highest BCUT2D eigenvalue weighted by Crippen LogP contribution is 2.44. The maximum Gasteiger partial charge on any atom is 0.310 e. The molecule has 2 amide bonds. The fourth-order valence-corrected chi connectivity index (χ4v) is 5.39. The number of nitrogens with one attached hydrogen (secondary N) is 1. The Morgan fingerprint density at radius 2 is 1.76 bits per heavy atom. The molecule has 5 atom stereocenters. The topological polar surface area (TPSA) is 95.9 Å². The van der Waals surface area contributed by atoms with Gasteiger partial charge in [-0.05, 0) is 50.7 Å². The molecule has 1 aromatic rings. The highest BCUT2D eigenvalue weighted by molar-refractivity contribution is 6.02. The number of aliphatic hydroxyl groups is 1. The van der Waals surface area contributed by atoms with Crippen molar-refractivity contribution in [2.24, 2.45) is 23.7 Å². The molecule has 1 heterocycles. The molecule has 1 aromatic carbocycles. The summed E-state index contributed by atoms with van der Waals surface area (Å²) < 4.78 is 5.32. The Bertz CT molecular complexity index is 907. The number of aliphatic hydroxyl groups excluding tert-OH is 1. The minimum Gasteiger partial charge on any atom is -0.466 e. The van der Waals surface area contributed by atoms with Crippen LogP contribution in [0.15, 0.2) is 30.4 Å². The summed E-state index contributed by atoms with van der Waals surface area (Å²) in [6.45, 7) is 8.42. The summed E-state index contributed by atoms with van der Waals surface area (Å²) in [5.74, 6) is -2.49. The third-order valence-electron chi connectivity index (χ3n) is 7.14. The number of likely N-dealkylation sites (tertiary alicyclic amines) is 1. The van der Waals surface area contributed by atoms with Gasteiger partial charge in [-0.1, -0.05) is 50.1 Å². The SMILES string of the molecule is CCOC(=O)[C@H]1[C@@H]2C(=O)N(CCCCCCO)[C@H](C(=O)Nc3c(C)cccc3C)[C@H]2C=C[C@H]1C. The Labute approximate surface area is 202 Å². The smallest absolute Gasteiger partial charge is 0.310 e. The summed E-state index contributed by atoms with van der Waals surface area (Å²) in [7, 11) is 0. The van der Waals surface area contributed by atoms with Gasteiger partial charge in [-0.15, -0.1) is 0 Å². The molecule has 0 aromatic heterocycles. The summed E-state index contributed by atoms with van der Waals surface area (Å²) in [5.41, 5.74) is 2.69. The van der Waals surface area contributed by atoms with Gasteiger partial charge in [-0.3, -0.25) is 14.4 Å². The van der Waals surface area contributed by atoms with E-state index in [1.165, 1.54) is 0 Å². The van der Waals surface area contributed by atoms with Crippen LogP contribution in [0.1, 0.15) is 50.7 Å². The average Bonchev–Trinajstić information content (AvgIpc) is 3.08. The van der Waals surface area contributed by atoms with E-state index in [2.05, 4.69) is 5.32 Å². The van der Waals surface area contributed by atoms with Crippen LogP contribution in [0.3, 0.4) is 0 Å². The summed E-state index contributed by atoms with van der Waals surface area (Å²) in [4.78, 5) is 41.9. The lowest BCUT2D eigenvalue weighted by Crippen LogP contribution is -2.44. The monoisotopic (exact) mass is 470 g/mol. The molecule has 1 saturated heterocycles. The minimum atomic E-state index is -0.685. The van der Waals surface area contributed by atoms with E-state index in [1.54, 1.807) is 11.8 Å². The fraction of sp³-hybridized carbons (Fsp3) is 0.593. The van der Waals surface area contributed by atoms with Gasteiger partial charge in [0.05, 0.1) is 18.4 Å². The van der Waals surface area contributed by atoms with Gasteiger partial charge in [0.2, 0.25) is 11.8 Å². The van der Waals surface area contributed by atoms with Crippen LogP contribution in [0, 0.1) is 37.5 Å². The van der Waals surface area contributed by atoms with Crippen LogP contribution in [0.25, 0.3) is 0 Å². The van der Waals surface area contributed by atoms with Crippen LogP contribution in [0.2, 0.25) is 0 Å². The van der Waals surface area contributed by atoms with E-state index in [9.17, 15) is 14.4 Å². The predicted molar refractivity (Wildman–Crippen MR) is 131 cm³/mol. The molecule has 3 rings (SSSR count). The molecule has 7 nitrogen and oxygen atoms in total. The van der Waals surface area contributed by atoms with Crippen molar-refractivity contribution in [1.29, 1.82) is 0 Å². The number of ether oxygens (including phenoxy) is 1. The van der Waals surface area contributed by atoms with E-state index in [-0.39, 0.29) is 42.8 Å². The van der Waals surface area contributed by atoms with Crippen molar-refractivity contribution in [3.05, 3.63) is 41.5 Å². The molecule has 0 unspecified atom stereocenters. The Morgan fingerprint density at radius 3 is 2.41 bits per heavy atom. The number of hydrogen-bond donors (Lipinski definition) is 2. The first-order valence-corrected chi connectivity index (χ1v) is 12.4. The molecule has 0 bridgehead atoms. The molecule has 1 fully saturated rings. The number of aryl methyl sites for hydroxylation is 2. The van der Waals surface area contributed by atoms with Crippen LogP contribution < -0.4 is 5.32 Å². The molecular weight excluding hydrogens is 432 g/mol. The maximum atomic E-state index is 13.7. The van der Waals surface area contributed by atoms with Gasteiger partial charge >= 0.3 is 5.97 Å². The molecule has 34 heavy (non-hydrogen) atoms. The van der Waals surface area contributed by atoms with E-state index in [4.69, 9.17) is 9.84 Å². The zero-order valence-corrected chi connectivity index (χ0v) is 20.8. The van der Waals surface area contributed by atoms with Crippen molar-refractivity contribution < 1.29 is 24.2 Å². The molecule has 2 N–H and O–H groups in total. The number of para-hydroxylation sites is 1. The summed E-state index contributed by atoms with van der Waals surface area (Å²) in [6.07, 6.45) is 7.08. The maximum absolute atomic E-state index is 13.7. The Kier molecular flexibility index (Phi) is 8.89. The van der Waals surface area contributed by atoms with Crippen molar-refractivity contribution >= 4 is 23.5 Å². The van der Waals surface area contributed by atoms with Crippen LogP contribution in [0.4, 0.5) is 5.69 Å². The molecule has 2 aliphatic rings. The molecule has 7 heteroatoms. The number of allylic oxidation sites excluding steroid dienone is 1. The van der Waals surface area contributed by atoms with E-state index < -0.39 is 17.9 Å². The molecule has 0 saturated carbocycles. The number of carbonyl (C=O) groups is 3. The second-order valence-electron chi connectivity index (χ2n) is 9.50. The number of rotatable bonds is 10. The molecule has 1 aliphatic heterocycles. The van der Waals surface area contributed by atoms with Crippen LogP contribution >= 0.6 is 0 Å². The second-order valence-corrected chi connectivity index (χ2v) is 9.50. The first-order chi connectivity index (χ1) is 16.3. The van der Waals surface area contributed by atoms with Crippen molar-refractivity contribution in [3.63, 3.8) is 0 Å². The summed E-state index contributed by atoms with van der Waals surface area (Å²) in [5, 5.41) is 12.1. The Morgan fingerprint density at radius 1 is 1.09 bits per heavy atom. The molecule has 0 radical (unpaired) electrons. The van der Waals surface area contributed by atoms with Crippen LogP contribution in [-0.4, -0.2) is 53.6 Å². The number of nitrogens with zero attached hydrogens (tertiary/aromatic N) is 1. The van der Waals surface area contributed by atoms with Gasteiger partial charge in [0.25, 0.3) is 0 Å². The normalized spacial score (nSPS) is 25.9. The molecule has 1 aliphatic carbocycles. The minimum absolute atomic E-state index is 0.143. The fourth-order valence-electron chi connectivity index (χ4n) is 5.39. The zero-order chi connectivity index (χ0) is 24.8. The quantitative estimate of drug-likeness (QED) is 0.309. The first-order valence-electron chi connectivity index (χ1n) is 12.4. The van der Waals surface area contributed by atoms with Gasteiger partial charge in [0, 0.05) is 24.8 Å². The molecule has 186 valence electrons. The standard InChI is InChI=1S/C27H38N2O5/c1-5-34-27(33)21-17(2)13-14-20-22(21)26(32)29(15-8-6-7-9-16-30)24(20)25(31)28-23-18(3)11-10-12-19(23)4/h10-14,17,20-22,24,30H,5-9,15-16H2,1-4H3,(H,28,31)/t17-,20+,21-,22-,24+/m1/s1. The highest BCUT2D eigenvalue weighted by atomic mass is 16.5. The van der Waals surface area contributed by atoms with E-state index in [0.717, 1.165) is 42.5 Å². The van der Waals surface area contributed by atoms with Crippen molar-refractivity contribution in [2.75, 3.05) is 25.1 Å². The largest absolute Gasteiger partial charge is 0.466 e. The number of fused-ring (bicyclic) bond motifs is 1. The molecular formula is C27H38N2O5. The summed E-state index contributed by atoms with van der Waals surface area (Å²) >= 11 is 0. The zero-order valence-electron chi connectivity index (χ0n) is 20.8. The lowest BCUT2D eigenvalue weighted by Gasteiger charge is -2.32.